The van der Waals surface area contributed by atoms with Gasteiger partial charge in [0.25, 0.3) is 5.91 Å². The number of aromatic amines is 1. The summed E-state index contributed by atoms with van der Waals surface area (Å²) < 4.78 is 0. The lowest BCUT2D eigenvalue weighted by Crippen LogP contribution is -2.39. The number of hydrogen-bond acceptors (Lipinski definition) is 4. The van der Waals surface area contributed by atoms with Crippen molar-refractivity contribution in [1.29, 1.82) is 0 Å². The average Bonchev–Trinajstić information content (AvgIpc) is 3.15. The van der Waals surface area contributed by atoms with Crippen LogP contribution in [0.1, 0.15) is 46.3 Å². The standard InChI is InChI=1S/C29H30N4O2/c1-33(2)18-19-11-14-23(15-12-19)30-27(20-7-4-3-5-8-20)26-24-16-13-21(17-25(24)32-29(26)35)28(34)31-22-9-6-10-22/h3-5,7-8,11-17,22,32,35H,6,9-10,18H2,1-2H3,(H,31,34). The molecule has 0 radical (unpaired) electrons. The molecule has 1 saturated carbocycles. The van der Waals surface area contributed by atoms with Crippen LogP contribution in [0.25, 0.3) is 10.9 Å². The van der Waals surface area contributed by atoms with Crippen molar-refractivity contribution in [2.45, 2.75) is 31.8 Å². The molecule has 0 atom stereocenters. The van der Waals surface area contributed by atoms with Crippen LogP contribution in [0.4, 0.5) is 5.69 Å². The fourth-order valence-electron chi connectivity index (χ4n) is 4.42. The molecule has 1 aliphatic rings. The van der Waals surface area contributed by atoms with Crippen LogP contribution in [0.5, 0.6) is 5.88 Å². The van der Waals surface area contributed by atoms with Crippen molar-refractivity contribution in [2.75, 3.05) is 14.1 Å². The van der Waals surface area contributed by atoms with Gasteiger partial charge in [-0.2, -0.15) is 0 Å². The van der Waals surface area contributed by atoms with Crippen LogP contribution >= 0.6 is 0 Å². The number of amides is 1. The molecule has 0 spiro atoms. The number of H-pyrrole nitrogens is 1. The van der Waals surface area contributed by atoms with Crippen LogP contribution in [0, 0.1) is 0 Å². The summed E-state index contributed by atoms with van der Waals surface area (Å²) in [6.07, 6.45) is 3.24. The molecule has 1 amide bonds. The summed E-state index contributed by atoms with van der Waals surface area (Å²) in [5, 5.41) is 14.9. The van der Waals surface area contributed by atoms with Gasteiger partial charge in [-0.3, -0.25) is 4.79 Å². The maximum atomic E-state index is 12.7. The molecule has 35 heavy (non-hydrogen) atoms. The monoisotopic (exact) mass is 466 g/mol. The van der Waals surface area contributed by atoms with Gasteiger partial charge in [0.15, 0.2) is 5.88 Å². The summed E-state index contributed by atoms with van der Waals surface area (Å²) in [4.78, 5) is 22.8. The van der Waals surface area contributed by atoms with Gasteiger partial charge in [-0.1, -0.05) is 48.5 Å². The van der Waals surface area contributed by atoms with Crippen molar-refractivity contribution in [3.05, 3.63) is 95.1 Å². The fourth-order valence-corrected chi connectivity index (χ4v) is 4.42. The average molecular weight is 467 g/mol. The molecular formula is C29H30N4O2. The molecule has 1 heterocycles. The highest BCUT2D eigenvalue weighted by atomic mass is 16.3. The number of hydrogen-bond donors (Lipinski definition) is 3. The highest BCUT2D eigenvalue weighted by Gasteiger charge is 2.22. The van der Waals surface area contributed by atoms with Crippen molar-refractivity contribution in [3.8, 4) is 5.88 Å². The van der Waals surface area contributed by atoms with E-state index in [1.807, 2.05) is 68.7 Å². The molecule has 5 rings (SSSR count). The molecule has 6 heteroatoms. The lowest BCUT2D eigenvalue weighted by molar-refractivity contribution is 0.0917. The Labute approximate surface area is 205 Å². The highest BCUT2D eigenvalue weighted by Crippen LogP contribution is 2.32. The van der Waals surface area contributed by atoms with Crippen molar-refractivity contribution in [1.82, 2.24) is 15.2 Å². The van der Waals surface area contributed by atoms with E-state index in [2.05, 4.69) is 27.3 Å². The van der Waals surface area contributed by atoms with E-state index in [-0.39, 0.29) is 17.8 Å². The van der Waals surface area contributed by atoms with Crippen LogP contribution in [-0.4, -0.2) is 46.7 Å². The van der Waals surface area contributed by atoms with Gasteiger partial charge in [-0.15, -0.1) is 0 Å². The number of fused-ring (bicyclic) bond motifs is 1. The molecule has 4 aromatic rings. The SMILES string of the molecule is CN(C)Cc1ccc(N=C(c2ccccc2)c2c(O)[nH]c3cc(C(=O)NC4CCC4)ccc23)cc1. The van der Waals surface area contributed by atoms with E-state index in [0.29, 0.717) is 22.4 Å². The molecule has 1 aliphatic carbocycles. The normalized spacial score (nSPS) is 14.3. The quantitative estimate of drug-likeness (QED) is 0.320. The van der Waals surface area contributed by atoms with E-state index in [9.17, 15) is 9.90 Å². The summed E-state index contributed by atoms with van der Waals surface area (Å²) in [6, 6.07) is 23.7. The molecule has 0 bridgehead atoms. The van der Waals surface area contributed by atoms with Crippen molar-refractivity contribution < 1.29 is 9.90 Å². The number of aromatic nitrogens is 1. The number of nitrogens with zero attached hydrogens (tertiary/aromatic N) is 2. The summed E-state index contributed by atoms with van der Waals surface area (Å²) in [7, 11) is 4.09. The van der Waals surface area contributed by atoms with Gasteiger partial charge < -0.3 is 20.3 Å². The Morgan fingerprint density at radius 2 is 1.77 bits per heavy atom. The zero-order chi connectivity index (χ0) is 24.4. The van der Waals surface area contributed by atoms with Crippen molar-refractivity contribution in [3.63, 3.8) is 0 Å². The summed E-state index contributed by atoms with van der Waals surface area (Å²) in [5.74, 6) is -0.0506. The number of aliphatic imine (C=N–C) groups is 1. The maximum absolute atomic E-state index is 12.7. The molecule has 178 valence electrons. The number of aromatic hydroxyl groups is 1. The number of carbonyl (C=O) groups excluding carboxylic acids is 1. The minimum atomic E-state index is -0.0815. The predicted octanol–water partition coefficient (Wildman–Crippen LogP) is 5.39. The van der Waals surface area contributed by atoms with Gasteiger partial charge in [0, 0.05) is 34.6 Å². The first-order valence-corrected chi connectivity index (χ1v) is 12.0. The van der Waals surface area contributed by atoms with Crippen LogP contribution < -0.4 is 5.32 Å². The van der Waals surface area contributed by atoms with E-state index < -0.39 is 0 Å². The van der Waals surface area contributed by atoms with Crippen LogP contribution in [0.3, 0.4) is 0 Å². The third-order valence-corrected chi connectivity index (χ3v) is 6.44. The molecular weight excluding hydrogens is 436 g/mol. The van der Waals surface area contributed by atoms with Crippen LogP contribution in [0.2, 0.25) is 0 Å². The minimum Gasteiger partial charge on any atom is -0.494 e. The third kappa shape index (κ3) is 4.98. The fraction of sp³-hybridized carbons (Fsp3) is 0.241. The lowest BCUT2D eigenvalue weighted by Gasteiger charge is -2.26. The Morgan fingerprint density at radius 3 is 2.43 bits per heavy atom. The third-order valence-electron chi connectivity index (χ3n) is 6.44. The van der Waals surface area contributed by atoms with E-state index in [0.717, 1.165) is 42.4 Å². The molecule has 0 saturated heterocycles. The Hall–Kier alpha value is -3.90. The van der Waals surface area contributed by atoms with Gasteiger partial charge >= 0.3 is 0 Å². The molecule has 0 aliphatic heterocycles. The highest BCUT2D eigenvalue weighted by molar-refractivity contribution is 6.22. The first kappa shape index (κ1) is 22.9. The zero-order valence-electron chi connectivity index (χ0n) is 20.1. The number of carbonyl (C=O) groups is 1. The van der Waals surface area contributed by atoms with Gasteiger partial charge in [0.2, 0.25) is 0 Å². The molecule has 1 aromatic heterocycles. The first-order valence-electron chi connectivity index (χ1n) is 12.0. The van der Waals surface area contributed by atoms with Gasteiger partial charge in [-0.05, 0) is 63.2 Å². The lowest BCUT2D eigenvalue weighted by atomic mass is 9.93. The second kappa shape index (κ2) is 9.76. The van der Waals surface area contributed by atoms with Crippen molar-refractivity contribution in [2.24, 2.45) is 4.99 Å². The molecule has 3 aromatic carbocycles. The largest absolute Gasteiger partial charge is 0.494 e. The topological polar surface area (TPSA) is 80.7 Å². The Morgan fingerprint density at radius 1 is 1.03 bits per heavy atom. The first-order chi connectivity index (χ1) is 17.0. The van der Waals surface area contributed by atoms with Gasteiger partial charge in [0.1, 0.15) is 0 Å². The molecule has 3 N–H and O–H groups in total. The van der Waals surface area contributed by atoms with E-state index in [4.69, 9.17) is 4.99 Å². The Kier molecular flexibility index (Phi) is 6.38. The summed E-state index contributed by atoms with van der Waals surface area (Å²) in [5.41, 5.74) is 5.47. The second-order valence-electron chi connectivity index (χ2n) is 9.44. The Bertz CT molecular complexity index is 1370. The number of rotatable bonds is 7. The van der Waals surface area contributed by atoms with E-state index in [1.165, 1.54) is 5.56 Å². The van der Waals surface area contributed by atoms with E-state index >= 15 is 0 Å². The zero-order valence-corrected chi connectivity index (χ0v) is 20.1. The molecule has 1 fully saturated rings. The molecule has 6 nitrogen and oxygen atoms in total. The van der Waals surface area contributed by atoms with Gasteiger partial charge in [-0.25, -0.2) is 4.99 Å². The summed E-state index contributed by atoms with van der Waals surface area (Å²) in [6.45, 7) is 0.857. The summed E-state index contributed by atoms with van der Waals surface area (Å²) >= 11 is 0. The number of benzene rings is 3. The minimum absolute atomic E-state index is 0.0309. The Balaban J connectivity index is 1.55. The molecule has 0 unspecified atom stereocenters. The van der Waals surface area contributed by atoms with Gasteiger partial charge in [0.05, 0.1) is 17.0 Å². The second-order valence-corrected chi connectivity index (χ2v) is 9.44. The van der Waals surface area contributed by atoms with Crippen LogP contribution in [-0.2, 0) is 6.54 Å². The predicted molar refractivity (Wildman–Crippen MR) is 141 cm³/mol. The smallest absolute Gasteiger partial charge is 0.251 e. The maximum Gasteiger partial charge on any atom is 0.251 e. The van der Waals surface area contributed by atoms with Crippen LogP contribution in [0.15, 0.2) is 77.8 Å². The van der Waals surface area contributed by atoms with Crippen molar-refractivity contribution >= 4 is 28.2 Å². The number of nitrogens with one attached hydrogen (secondary N) is 2. The van der Waals surface area contributed by atoms with E-state index in [1.54, 1.807) is 6.07 Å².